The Kier molecular flexibility index (Phi) is 10.5. The normalized spacial score (nSPS) is 12.0. The average Bonchev–Trinajstić information content (AvgIpc) is 3.17. The summed E-state index contributed by atoms with van der Waals surface area (Å²) in [5, 5.41) is 13.6. The SMILES string of the molecule is O=C(O)COCC(=O)NCCOCCOCCNC(=O)OCC1c2ccccc2-c2ccccc21. The number of ether oxygens (including phenoxy) is 4. The Morgan fingerprint density at radius 1 is 0.743 bits per heavy atom. The molecule has 2 aromatic rings. The molecule has 2 aromatic carbocycles. The van der Waals surface area contributed by atoms with E-state index in [1.165, 1.54) is 11.1 Å². The van der Waals surface area contributed by atoms with Crippen molar-refractivity contribution >= 4 is 18.0 Å². The van der Waals surface area contributed by atoms with Crippen LogP contribution in [0.5, 0.6) is 0 Å². The highest BCUT2D eigenvalue weighted by Gasteiger charge is 2.28. The van der Waals surface area contributed by atoms with Crippen LogP contribution in [0.15, 0.2) is 48.5 Å². The van der Waals surface area contributed by atoms with E-state index in [1.54, 1.807) is 0 Å². The lowest BCUT2D eigenvalue weighted by molar-refractivity contribution is -0.143. The number of alkyl carbamates (subject to hydrolysis) is 1. The highest BCUT2D eigenvalue weighted by atomic mass is 16.6. The van der Waals surface area contributed by atoms with Gasteiger partial charge in [-0.25, -0.2) is 9.59 Å². The minimum absolute atomic E-state index is 0.0172. The van der Waals surface area contributed by atoms with Crippen molar-refractivity contribution in [3.8, 4) is 11.1 Å². The van der Waals surface area contributed by atoms with Crippen LogP contribution in [0.2, 0.25) is 0 Å². The summed E-state index contributed by atoms with van der Waals surface area (Å²) in [6, 6.07) is 16.3. The van der Waals surface area contributed by atoms with Crippen molar-refractivity contribution in [3.05, 3.63) is 59.7 Å². The third kappa shape index (κ3) is 8.36. The van der Waals surface area contributed by atoms with Crippen LogP contribution >= 0.6 is 0 Å². The van der Waals surface area contributed by atoms with Gasteiger partial charge < -0.3 is 34.7 Å². The van der Waals surface area contributed by atoms with Crippen molar-refractivity contribution in [1.82, 2.24) is 10.6 Å². The molecule has 35 heavy (non-hydrogen) atoms. The highest BCUT2D eigenvalue weighted by molar-refractivity contribution is 5.79. The Balaban J connectivity index is 1.20. The Morgan fingerprint density at radius 3 is 1.91 bits per heavy atom. The van der Waals surface area contributed by atoms with E-state index >= 15 is 0 Å². The Bertz CT molecular complexity index is 951. The van der Waals surface area contributed by atoms with E-state index < -0.39 is 24.6 Å². The van der Waals surface area contributed by atoms with Gasteiger partial charge in [-0.15, -0.1) is 0 Å². The van der Waals surface area contributed by atoms with Crippen molar-refractivity contribution in [1.29, 1.82) is 0 Å². The van der Waals surface area contributed by atoms with E-state index in [0.29, 0.717) is 26.4 Å². The van der Waals surface area contributed by atoms with Gasteiger partial charge in [0.15, 0.2) is 0 Å². The fourth-order valence-electron chi connectivity index (χ4n) is 3.74. The highest BCUT2D eigenvalue weighted by Crippen LogP contribution is 2.44. The van der Waals surface area contributed by atoms with Crippen LogP contribution in [0, 0.1) is 0 Å². The molecular formula is C25H30N2O8. The van der Waals surface area contributed by atoms with Gasteiger partial charge in [-0.3, -0.25) is 4.79 Å². The second-order valence-electron chi connectivity index (χ2n) is 7.71. The van der Waals surface area contributed by atoms with Crippen LogP contribution in [-0.4, -0.2) is 82.4 Å². The molecule has 0 atom stereocenters. The van der Waals surface area contributed by atoms with Gasteiger partial charge >= 0.3 is 12.1 Å². The summed E-state index contributed by atoms with van der Waals surface area (Å²) in [6.45, 7) is 1.28. The lowest BCUT2D eigenvalue weighted by atomic mass is 9.98. The van der Waals surface area contributed by atoms with Crippen LogP contribution in [0.25, 0.3) is 11.1 Å². The van der Waals surface area contributed by atoms with Gasteiger partial charge in [-0.2, -0.15) is 0 Å². The maximum absolute atomic E-state index is 12.1. The molecule has 0 spiro atoms. The molecule has 188 valence electrons. The van der Waals surface area contributed by atoms with Crippen molar-refractivity contribution < 1.29 is 38.4 Å². The molecule has 1 aliphatic carbocycles. The third-order valence-corrected chi connectivity index (χ3v) is 5.26. The van der Waals surface area contributed by atoms with Gasteiger partial charge in [0, 0.05) is 19.0 Å². The van der Waals surface area contributed by atoms with E-state index in [0.717, 1.165) is 11.1 Å². The molecule has 0 unspecified atom stereocenters. The molecule has 10 heteroatoms. The Labute approximate surface area is 203 Å². The number of carbonyl (C=O) groups excluding carboxylic acids is 2. The number of carbonyl (C=O) groups is 3. The summed E-state index contributed by atoms with van der Waals surface area (Å²) in [5.74, 6) is -1.52. The standard InChI is InChI=1S/C25H30N2O8/c28-23(16-34-17-24(29)30)26-9-11-32-13-14-33-12-10-27-25(31)35-15-22-20-7-3-1-5-18(20)19-6-2-4-8-21(19)22/h1-8,22H,9-17H2,(H,26,28)(H,27,31)(H,29,30). The third-order valence-electron chi connectivity index (χ3n) is 5.26. The summed E-state index contributed by atoms with van der Waals surface area (Å²) in [6.07, 6.45) is -0.491. The van der Waals surface area contributed by atoms with Crippen molar-refractivity contribution in [2.45, 2.75) is 5.92 Å². The number of fused-ring (bicyclic) bond motifs is 3. The quantitative estimate of drug-likeness (QED) is 0.325. The zero-order valence-corrected chi connectivity index (χ0v) is 19.4. The molecule has 2 amide bonds. The number of carboxylic acids is 1. The zero-order valence-electron chi connectivity index (χ0n) is 19.4. The molecule has 1 aliphatic rings. The lowest BCUT2D eigenvalue weighted by Gasteiger charge is -2.14. The number of aliphatic carboxylic acids is 1. The number of nitrogens with one attached hydrogen (secondary N) is 2. The lowest BCUT2D eigenvalue weighted by Crippen LogP contribution is -2.31. The number of rotatable bonds is 15. The largest absolute Gasteiger partial charge is 0.480 e. The summed E-state index contributed by atoms with van der Waals surface area (Å²) in [7, 11) is 0. The average molecular weight is 487 g/mol. The number of benzene rings is 2. The van der Waals surface area contributed by atoms with E-state index in [9.17, 15) is 14.4 Å². The monoisotopic (exact) mass is 486 g/mol. The first-order valence-corrected chi connectivity index (χ1v) is 11.4. The topological polar surface area (TPSA) is 132 Å². The number of hydrogen-bond donors (Lipinski definition) is 3. The van der Waals surface area contributed by atoms with Crippen LogP contribution in [0.4, 0.5) is 4.79 Å². The molecule has 0 aliphatic heterocycles. The molecule has 3 N–H and O–H groups in total. The van der Waals surface area contributed by atoms with E-state index in [-0.39, 0.29) is 32.3 Å². The molecule has 0 saturated carbocycles. The molecule has 0 heterocycles. The predicted molar refractivity (Wildman–Crippen MR) is 126 cm³/mol. The fourth-order valence-corrected chi connectivity index (χ4v) is 3.74. The predicted octanol–water partition coefficient (Wildman–Crippen LogP) is 1.78. The summed E-state index contributed by atoms with van der Waals surface area (Å²) in [5.41, 5.74) is 4.69. The van der Waals surface area contributed by atoms with Crippen molar-refractivity contribution in [2.24, 2.45) is 0 Å². The summed E-state index contributed by atoms with van der Waals surface area (Å²) < 4.78 is 20.8. The molecule has 0 saturated heterocycles. The number of carboxylic acid groups (broad SMARTS) is 1. The fraction of sp³-hybridized carbons (Fsp3) is 0.400. The maximum atomic E-state index is 12.1. The van der Waals surface area contributed by atoms with Gasteiger partial charge in [0.1, 0.15) is 19.8 Å². The van der Waals surface area contributed by atoms with Gasteiger partial charge in [0.05, 0.1) is 26.4 Å². The Morgan fingerprint density at radius 2 is 1.31 bits per heavy atom. The van der Waals surface area contributed by atoms with Crippen molar-refractivity contribution in [3.63, 3.8) is 0 Å². The van der Waals surface area contributed by atoms with E-state index in [1.807, 2.05) is 24.3 Å². The second-order valence-corrected chi connectivity index (χ2v) is 7.71. The maximum Gasteiger partial charge on any atom is 0.407 e. The van der Waals surface area contributed by atoms with Gasteiger partial charge in [0.2, 0.25) is 5.91 Å². The summed E-state index contributed by atoms with van der Waals surface area (Å²) >= 11 is 0. The first kappa shape index (κ1) is 26.1. The van der Waals surface area contributed by atoms with Crippen molar-refractivity contribution in [2.75, 3.05) is 59.3 Å². The Hall–Kier alpha value is -3.47. The molecule has 0 radical (unpaired) electrons. The van der Waals surface area contributed by atoms with Gasteiger partial charge in [-0.1, -0.05) is 48.5 Å². The molecule has 3 rings (SSSR count). The zero-order chi connectivity index (χ0) is 24.9. The van der Waals surface area contributed by atoms with E-state index in [2.05, 4.69) is 39.6 Å². The van der Waals surface area contributed by atoms with Gasteiger partial charge in [0.25, 0.3) is 0 Å². The second kappa shape index (κ2) is 14.1. The van der Waals surface area contributed by atoms with E-state index in [4.69, 9.17) is 19.3 Å². The summed E-state index contributed by atoms with van der Waals surface area (Å²) in [4.78, 5) is 33.7. The number of hydrogen-bond acceptors (Lipinski definition) is 7. The van der Waals surface area contributed by atoms with Gasteiger partial charge in [-0.05, 0) is 22.3 Å². The number of amides is 2. The first-order valence-electron chi connectivity index (χ1n) is 11.4. The molecule has 0 fully saturated rings. The molecule has 0 bridgehead atoms. The molecular weight excluding hydrogens is 456 g/mol. The minimum Gasteiger partial charge on any atom is -0.480 e. The molecule has 0 aromatic heterocycles. The smallest absolute Gasteiger partial charge is 0.407 e. The van der Waals surface area contributed by atoms with Crippen LogP contribution in [0.3, 0.4) is 0 Å². The molecule has 10 nitrogen and oxygen atoms in total. The van der Waals surface area contributed by atoms with Crippen LogP contribution < -0.4 is 10.6 Å². The van der Waals surface area contributed by atoms with Crippen LogP contribution in [0.1, 0.15) is 17.0 Å². The minimum atomic E-state index is -1.13. The van der Waals surface area contributed by atoms with Crippen LogP contribution in [-0.2, 0) is 28.5 Å². The first-order chi connectivity index (χ1) is 17.1.